The van der Waals surface area contributed by atoms with Gasteiger partial charge in [0.1, 0.15) is 5.75 Å². The second kappa shape index (κ2) is 24.8. The van der Waals surface area contributed by atoms with Gasteiger partial charge in [-0.1, -0.05) is 92.0 Å². The number of rotatable bonds is 23. The highest BCUT2D eigenvalue weighted by Gasteiger charge is 2.26. The molecule has 298 valence electrons. The summed E-state index contributed by atoms with van der Waals surface area (Å²) in [7, 11) is 0. The largest absolute Gasteiger partial charge is 0.494 e. The first-order chi connectivity index (χ1) is 27.6. The minimum absolute atomic E-state index is 0.0356. The van der Waals surface area contributed by atoms with E-state index in [9.17, 15) is 9.59 Å². The van der Waals surface area contributed by atoms with Crippen molar-refractivity contribution in [3.05, 3.63) is 126 Å². The summed E-state index contributed by atoms with van der Waals surface area (Å²) in [4.78, 5) is 32.1. The third kappa shape index (κ3) is 14.4. The fraction of sp³-hybridized carbons (Fsp3) is 0.417. The maximum Gasteiger partial charge on any atom is 0.307 e. The van der Waals surface area contributed by atoms with Crippen LogP contribution in [0, 0.1) is 0 Å². The second-order valence-electron chi connectivity index (χ2n) is 14.2. The molecule has 1 fully saturated rings. The van der Waals surface area contributed by atoms with Crippen molar-refractivity contribution in [2.45, 2.75) is 84.0 Å². The smallest absolute Gasteiger partial charge is 0.307 e. The quantitative estimate of drug-likeness (QED) is 0.0543. The molecule has 3 aromatic rings. The Kier molecular flexibility index (Phi) is 18.8. The Hall–Kier alpha value is -4.66. The monoisotopic (exact) mass is 775 g/mol. The van der Waals surface area contributed by atoms with Crippen LogP contribution in [0.5, 0.6) is 5.75 Å². The van der Waals surface area contributed by atoms with Gasteiger partial charge in [-0.2, -0.15) is 0 Å². The van der Waals surface area contributed by atoms with E-state index >= 15 is 0 Å². The molecule has 0 atom stereocenters. The number of fused-ring (bicyclic) bond motifs is 2. The Morgan fingerprint density at radius 3 is 2.12 bits per heavy atom. The van der Waals surface area contributed by atoms with Gasteiger partial charge in [0, 0.05) is 60.9 Å². The molecule has 56 heavy (non-hydrogen) atoms. The van der Waals surface area contributed by atoms with Crippen molar-refractivity contribution >= 4 is 44.7 Å². The van der Waals surface area contributed by atoms with Gasteiger partial charge >= 0.3 is 5.97 Å². The number of benzene rings is 2. The topological polar surface area (TPSA) is 62.3 Å². The fourth-order valence-corrected chi connectivity index (χ4v) is 7.70. The minimum Gasteiger partial charge on any atom is -0.494 e. The zero-order valence-electron chi connectivity index (χ0n) is 33.4. The van der Waals surface area contributed by atoms with E-state index in [-0.39, 0.29) is 25.0 Å². The van der Waals surface area contributed by atoms with E-state index in [4.69, 9.17) is 9.47 Å². The van der Waals surface area contributed by atoms with Crippen molar-refractivity contribution in [3.8, 4) is 5.75 Å². The molecule has 0 radical (unpaired) electrons. The summed E-state index contributed by atoms with van der Waals surface area (Å²) in [5, 5.41) is 3.55. The number of amides is 1. The molecule has 0 saturated carbocycles. The predicted molar refractivity (Wildman–Crippen MR) is 236 cm³/mol. The molecule has 7 nitrogen and oxygen atoms in total. The summed E-state index contributed by atoms with van der Waals surface area (Å²) in [6.45, 7) is 8.01. The number of piperazine rings is 1. The van der Waals surface area contributed by atoms with Gasteiger partial charge < -0.3 is 14.4 Å². The van der Waals surface area contributed by atoms with Crippen molar-refractivity contribution < 1.29 is 19.1 Å². The molecule has 1 amide bonds. The normalized spacial score (nSPS) is 15.6. The number of nitrogens with zero attached hydrogens (tertiary/aromatic N) is 3. The number of carbonyl (C=O) groups excluding carboxylic acids is 2. The van der Waals surface area contributed by atoms with Gasteiger partial charge in [0.15, 0.2) is 6.73 Å². The van der Waals surface area contributed by atoms with Crippen LogP contribution < -0.4 is 14.5 Å². The van der Waals surface area contributed by atoms with Crippen molar-refractivity contribution in [1.29, 1.82) is 0 Å². The highest BCUT2D eigenvalue weighted by atomic mass is 32.1. The lowest BCUT2D eigenvalue weighted by molar-refractivity contribution is -0.144. The van der Waals surface area contributed by atoms with Crippen LogP contribution in [0.2, 0.25) is 0 Å². The van der Waals surface area contributed by atoms with Gasteiger partial charge in [0.25, 0.3) is 0 Å². The zero-order valence-corrected chi connectivity index (χ0v) is 34.2. The third-order valence-corrected chi connectivity index (χ3v) is 10.9. The van der Waals surface area contributed by atoms with Crippen molar-refractivity contribution in [1.82, 2.24) is 4.90 Å². The first kappa shape index (κ1) is 42.5. The van der Waals surface area contributed by atoms with Crippen molar-refractivity contribution in [3.63, 3.8) is 0 Å². The average Bonchev–Trinajstić information content (AvgIpc) is 3.71. The van der Waals surface area contributed by atoms with E-state index in [2.05, 4.69) is 113 Å². The molecular weight excluding hydrogens is 715 g/mol. The summed E-state index contributed by atoms with van der Waals surface area (Å²) in [6.07, 6.45) is 35.8. The molecule has 5 rings (SSSR count). The van der Waals surface area contributed by atoms with Gasteiger partial charge in [-0.25, -0.2) is 0 Å². The van der Waals surface area contributed by atoms with Gasteiger partial charge in [-0.3, -0.25) is 19.4 Å². The molecular formula is C48H61N3O4S. The second-order valence-corrected chi connectivity index (χ2v) is 15.2. The van der Waals surface area contributed by atoms with Crippen LogP contribution in [0.1, 0.15) is 83.1 Å². The predicted octanol–water partition coefficient (Wildman–Crippen LogP) is 11.1. The average molecular weight is 776 g/mol. The van der Waals surface area contributed by atoms with Crippen LogP contribution in [-0.2, 0) is 20.7 Å². The summed E-state index contributed by atoms with van der Waals surface area (Å²) in [5.74, 6) is 0.397. The first-order valence-corrected chi connectivity index (χ1v) is 21.6. The highest BCUT2D eigenvalue weighted by Crippen LogP contribution is 2.33. The van der Waals surface area contributed by atoms with Crippen molar-refractivity contribution in [2.24, 2.45) is 0 Å². The van der Waals surface area contributed by atoms with E-state index < -0.39 is 0 Å². The number of anilines is 2. The van der Waals surface area contributed by atoms with Gasteiger partial charge in [-0.05, 0) is 106 Å². The Morgan fingerprint density at radius 2 is 1.43 bits per heavy atom. The number of aryl methyl sites for hydroxylation is 1. The Balaban J connectivity index is 0.917. The highest BCUT2D eigenvalue weighted by molar-refractivity contribution is 7.17. The van der Waals surface area contributed by atoms with Crippen LogP contribution in [0.15, 0.2) is 121 Å². The lowest BCUT2D eigenvalue weighted by Gasteiger charge is -2.36. The van der Waals surface area contributed by atoms with E-state index in [1.165, 1.54) is 15.8 Å². The standard InChI is InChI=1S/C48H61N3O4S/c1-2-3-4-5-6-7-8-9-10-11-12-13-14-15-16-17-18-19-20-26-48(53)55-40-51-45-39-42(29-27-41(45)28-30-47(51)52)54-37-22-21-32-49-33-35-50(36-34-49)44-24-23-25-46-43(44)31-38-56-46/h3-4,6-7,9-10,12-13,15-16,18-19,23-25,27,29,31,38-39H,2,5,8,11,14,17,20-22,26,28,30,32-37,40H2,1H3/b4-3+,7-6+,10-9+,13-12+,16-15+,19-18+. The van der Waals surface area contributed by atoms with Gasteiger partial charge in [-0.15, -0.1) is 11.3 Å². The number of carbonyl (C=O) groups is 2. The molecule has 0 spiro atoms. The van der Waals surface area contributed by atoms with Crippen LogP contribution in [0.3, 0.4) is 0 Å². The molecule has 8 heteroatoms. The summed E-state index contributed by atoms with van der Waals surface area (Å²) in [5.41, 5.74) is 3.21. The van der Waals surface area contributed by atoms with Crippen molar-refractivity contribution in [2.75, 3.05) is 55.9 Å². The van der Waals surface area contributed by atoms with E-state index in [0.29, 0.717) is 25.9 Å². The molecule has 3 heterocycles. The van der Waals surface area contributed by atoms with Gasteiger partial charge in [0.2, 0.25) is 5.91 Å². The molecule has 0 bridgehead atoms. The van der Waals surface area contributed by atoms with Crippen LogP contribution in [-0.4, -0.2) is 62.8 Å². The zero-order chi connectivity index (χ0) is 39.0. The Bertz CT molecular complexity index is 1830. The number of hydrogen-bond acceptors (Lipinski definition) is 7. The van der Waals surface area contributed by atoms with Crippen LogP contribution in [0.25, 0.3) is 10.1 Å². The number of ether oxygens (including phenoxy) is 2. The lowest BCUT2D eigenvalue weighted by Crippen LogP contribution is -2.46. The summed E-state index contributed by atoms with van der Waals surface area (Å²) < 4.78 is 13.0. The third-order valence-electron chi connectivity index (χ3n) is 10.0. The van der Waals surface area contributed by atoms with Gasteiger partial charge in [0.05, 0.1) is 12.3 Å². The van der Waals surface area contributed by atoms with Crippen LogP contribution >= 0.6 is 11.3 Å². The Labute approximate surface area is 339 Å². The SMILES string of the molecule is CC/C=C/C/C=C/C/C=C/C/C=C/C/C=C/C/C=C/CCC(=O)OCN1C(=O)CCc2ccc(OCCCCN3CCN(c4cccc5sccc45)CC3)cc21. The van der Waals surface area contributed by atoms with Crippen LogP contribution in [0.4, 0.5) is 11.4 Å². The van der Waals surface area contributed by atoms with E-state index in [0.717, 1.165) is 101 Å². The Morgan fingerprint density at radius 1 is 0.750 bits per heavy atom. The number of thiophene rings is 1. The summed E-state index contributed by atoms with van der Waals surface area (Å²) in [6, 6.07) is 14.8. The van der Waals surface area contributed by atoms with E-state index in [1.54, 1.807) is 4.90 Å². The lowest BCUT2D eigenvalue weighted by atomic mass is 10.0. The maximum absolute atomic E-state index is 12.9. The molecule has 1 saturated heterocycles. The number of hydrogen-bond donors (Lipinski definition) is 0. The molecule has 2 aliphatic heterocycles. The molecule has 0 N–H and O–H groups in total. The fourth-order valence-electron chi connectivity index (χ4n) is 6.89. The summed E-state index contributed by atoms with van der Waals surface area (Å²) >= 11 is 1.81. The molecule has 2 aliphatic rings. The number of esters is 1. The number of unbranched alkanes of at least 4 members (excludes halogenated alkanes) is 1. The first-order valence-electron chi connectivity index (χ1n) is 20.7. The number of allylic oxidation sites excluding steroid dienone is 12. The molecule has 0 aliphatic carbocycles. The maximum atomic E-state index is 12.9. The minimum atomic E-state index is -0.307. The molecule has 0 unspecified atom stereocenters. The van der Waals surface area contributed by atoms with E-state index in [1.807, 2.05) is 35.6 Å². The molecule has 1 aromatic heterocycles. The molecule has 2 aromatic carbocycles.